The van der Waals surface area contributed by atoms with Crippen LogP contribution in [0.1, 0.15) is 30.4 Å². The Balaban J connectivity index is 1.28. The largest absolute Gasteiger partial charge is 0.494 e. The number of methoxy groups -OCH3 is 1. The molecule has 0 unspecified atom stereocenters. The fourth-order valence-corrected chi connectivity index (χ4v) is 4.20. The number of piperidine rings is 1. The lowest BCUT2D eigenvalue weighted by Crippen LogP contribution is -2.46. The van der Waals surface area contributed by atoms with Crippen LogP contribution in [-0.2, 0) is 22.6 Å². The highest BCUT2D eigenvalue weighted by atomic mass is 16.5. The molecule has 2 amide bonds. The summed E-state index contributed by atoms with van der Waals surface area (Å²) in [5, 5.41) is 7.42. The summed E-state index contributed by atoms with van der Waals surface area (Å²) in [7, 11) is 1.63. The van der Waals surface area contributed by atoms with Gasteiger partial charge in [-0.25, -0.2) is 4.68 Å². The van der Waals surface area contributed by atoms with E-state index in [4.69, 9.17) is 4.74 Å². The lowest BCUT2D eigenvalue weighted by Gasteiger charge is -2.32. The normalized spacial score (nSPS) is 16.0. The first-order valence-corrected chi connectivity index (χ1v) is 11.4. The Morgan fingerprint density at radius 2 is 1.91 bits per heavy atom. The molecule has 0 spiro atoms. The summed E-state index contributed by atoms with van der Waals surface area (Å²) in [4.78, 5) is 27.0. The summed E-state index contributed by atoms with van der Waals surface area (Å²) in [5.41, 5.74) is 3.01. The number of amides is 2. The summed E-state index contributed by atoms with van der Waals surface area (Å²) in [6.07, 6.45) is 6.48. The van der Waals surface area contributed by atoms with Crippen LogP contribution in [0.2, 0.25) is 0 Å². The number of aryl methyl sites for hydroxylation is 1. The van der Waals surface area contributed by atoms with Crippen LogP contribution in [0, 0.1) is 5.92 Å². The molecule has 4 rings (SSSR count). The van der Waals surface area contributed by atoms with Gasteiger partial charge >= 0.3 is 0 Å². The van der Waals surface area contributed by atoms with E-state index in [1.54, 1.807) is 18.0 Å². The second kappa shape index (κ2) is 10.8. The van der Waals surface area contributed by atoms with Crippen molar-refractivity contribution >= 4 is 11.8 Å². The predicted octanol–water partition coefficient (Wildman–Crippen LogP) is 3.37. The van der Waals surface area contributed by atoms with Gasteiger partial charge in [-0.1, -0.05) is 42.5 Å². The zero-order valence-corrected chi connectivity index (χ0v) is 18.9. The predicted molar refractivity (Wildman–Crippen MR) is 126 cm³/mol. The summed E-state index contributed by atoms with van der Waals surface area (Å²) in [5.74, 6) is 0.685. The van der Waals surface area contributed by atoms with Crippen molar-refractivity contribution in [2.24, 2.45) is 5.92 Å². The maximum Gasteiger partial charge on any atom is 0.225 e. The van der Waals surface area contributed by atoms with E-state index in [2.05, 4.69) is 22.5 Å². The van der Waals surface area contributed by atoms with Gasteiger partial charge in [-0.05, 0) is 37.0 Å². The number of para-hydroxylation sites is 2. The Hall–Kier alpha value is -3.61. The molecule has 172 valence electrons. The quantitative estimate of drug-likeness (QED) is 0.547. The van der Waals surface area contributed by atoms with Gasteiger partial charge in [0.2, 0.25) is 11.8 Å². The van der Waals surface area contributed by atoms with Crippen LogP contribution in [0.15, 0.2) is 67.0 Å². The highest BCUT2D eigenvalue weighted by molar-refractivity contribution is 5.83. The minimum absolute atomic E-state index is 0.0133. The number of nitrogens with one attached hydrogen (secondary N) is 1. The number of carbonyl (C=O) groups excluding carboxylic acids is 2. The number of aromatic nitrogens is 2. The van der Waals surface area contributed by atoms with Crippen molar-refractivity contribution in [3.63, 3.8) is 0 Å². The number of hydrogen-bond acceptors (Lipinski definition) is 4. The third-order valence-electron chi connectivity index (χ3n) is 6.04. The van der Waals surface area contributed by atoms with Gasteiger partial charge < -0.3 is 15.0 Å². The van der Waals surface area contributed by atoms with Crippen LogP contribution in [0.3, 0.4) is 0 Å². The maximum absolute atomic E-state index is 12.8. The number of benzene rings is 2. The molecule has 0 aliphatic carbocycles. The van der Waals surface area contributed by atoms with E-state index in [0.29, 0.717) is 32.5 Å². The van der Waals surface area contributed by atoms with Crippen LogP contribution < -0.4 is 10.1 Å². The fourth-order valence-electron chi connectivity index (χ4n) is 4.20. The molecule has 7 nitrogen and oxygen atoms in total. The standard InChI is InChI=1S/C26H30N4O3/c1-33-24-12-6-5-11-23(24)30-18-21(17-28-30)16-27-26(32)22-13-14-25(31)29(19-22)15-7-10-20-8-3-2-4-9-20/h2-6,8-9,11-12,17-18,22H,7,10,13-16,19H2,1H3,(H,27,32)/t22-/m1/s1. The molecule has 1 aromatic heterocycles. The third-order valence-corrected chi connectivity index (χ3v) is 6.04. The van der Waals surface area contributed by atoms with Crippen LogP contribution in [0.4, 0.5) is 0 Å². The van der Waals surface area contributed by atoms with Crippen LogP contribution in [0.25, 0.3) is 5.69 Å². The monoisotopic (exact) mass is 446 g/mol. The molecule has 2 heterocycles. The molecular weight excluding hydrogens is 416 g/mol. The van der Waals surface area contributed by atoms with Gasteiger partial charge in [0.05, 0.1) is 19.2 Å². The van der Waals surface area contributed by atoms with E-state index in [9.17, 15) is 9.59 Å². The molecule has 3 aromatic rings. The van der Waals surface area contributed by atoms with E-state index in [1.807, 2.05) is 53.6 Å². The lowest BCUT2D eigenvalue weighted by atomic mass is 9.96. The van der Waals surface area contributed by atoms with Gasteiger partial charge in [-0.2, -0.15) is 5.10 Å². The van der Waals surface area contributed by atoms with Crippen molar-refractivity contribution in [2.75, 3.05) is 20.2 Å². The second-order valence-electron chi connectivity index (χ2n) is 8.35. The lowest BCUT2D eigenvalue weighted by molar-refractivity contribution is -0.138. The van der Waals surface area contributed by atoms with Gasteiger partial charge in [0.25, 0.3) is 0 Å². The molecule has 1 fully saturated rings. The van der Waals surface area contributed by atoms with Crippen molar-refractivity contribution in [2.45, 2.75) is 32.2 Å². The van der Waals surface area contributed by atoms with Crippen LogP contribution in [0.5, 0.6) is 5.75 Å². The zero-order valence-electron chi connectivity index (χ0n) is 18.9. The number of rotatable bonds is 9. The zero-order chi connectivity index (χ0) is 23.0. The molecule has 33 heavy (non-hydrogen) atoms. The van der Waals surface area contributed by atoms with Crippen LogP contribution in [-0.4, -0.2) is 46.7 Å². The minimum atomic E-state index is -0.177. The summed E-state index contributed by atoms with van der Waals surface area (Å²) in [6.45, 7) is 1.57. The minimum Gasteiger partial charge on any atom is -0.494 e. The number of likely N-dealkylation sites (tertiary alicyclic amines) is 1. The van der Waals surface area contributed by atoms with E-state index >= 15 is 0 Å². The number of ether oxygens (including phenoxy) is 1. The van der Waals surface area contributed by atoms with Crippen LogP contribution >= 0.6 is 0 Å². The molecule has 0 radical (unpaired) electrons. The third kappa shape index (κ3) is 5.80. The summed E-state index contributed by atoms with van der Waals surface area (Å²) < 4.78 is 7.14. The van der Waals surface area contributed by atoms with Crippen molar-refractivity contribution in [3.05, 3.63) is 78.1 Å². The first-order chi connectivity index (χ1) is 16.1. The highest BCUT2D eigenvalue weighted by Gasteiger charge is 2.29. The number of nitrogens with zero attached hydrogens (tertiary/aromatic N) is 3. The van der Waals surface area contributed by atoms with Crippen molar-refractivity contribution in [1.29, 1.82) is 0 Å². The maximum atomic E-state index is 12.8. The van der Waals surface area contributed by atoms with Gasteiger partial charge in [-0.15, -0.1) is 0 Å². The first-order valence-electron chi connectivity index (χ1n) is 11.4. The Morgan fingerprint density at radius 1 is 1.12 bits per heavy atom. The van der Waals surface area contributed by atoms with E-state index < -0.39 is 0 Å². The number of hydrogen-bond donors (Lipinski definition) is 1. The summed E-state index contributed by atoms with van der Waals surface area (Å²) >= 11 is 0. The second-order valence-corrected chi connectivity index (χ2v) is 8.35. The fraction of sp³-hybridized carbons (Fsp3) is 0.346. The molecule has 1 N–H and O–H groups in total. The Bertz CT molecular complexity index is 1080. The van der Waals surface area contributed by atoms with E-state index in [0.717, 1.165) is 29.8 Å². The Kier molecular flexibility index (Phi) is 7.40. The average molecular weight is 447 g/mol. The SMILES string of the molecule is COc1ccccc1-n1cc(CNC(=O)[C@@H]2CCC(=O)N(CCCc3ccccc3)C2)cn1. The molecule has 1 aliphatic rings. The molecule has 0 bridgehead atoms. The number of carbonyl (C=O) groups is 2. The van der Waals surface area contributed by atoms with Gasteiger partial charge in [0, 0.05) is 37.8 Å². The van der Waals surface area contributed by atoms with Gasteiger partial charge in [0.1, 0.15) is 11.4 Å². The molecule has 1 atom stereocenters. The van der Waals surface area contributed by atoms with Gasteiger partial charge in [0.15, 0.2) is 0 Å². The van der Waals surface area contributed by atoms with Crippen molar-refractivity contribution in [3.8, 4) is 11.4 Å². The topological polar surface area (TPSA) is 76.5 Å². The molecule has 0 saturated carbocycles. The molecule has 2 aromatic carbocycles. The Morgan fingerprint density at radius 3 is 2.73 bits per heavy atom. The molecule has 7 heteroatoms. The van der Waals surface area contributed by atoms with E-state index in [1.165, 1.54) is 5.56 Å². The van der Waals surface area contributed by atoms with Crippen molar-refractivity contribution in [1.82, 2.24) is 20.0 Å². The van der Waals surface area contributed by atoms with Gasteiger partial charge in [-0.3, -0.25) is 9.59 Å². The summed E-state index contributed by atoms with van der Waals surface area (Å²) in [6, 6.07) is 17.9. The highest BCUT2D eigenvalue weighted by Crippen LogP contribution is 2.22. The molecule has 1 aliphatic heterocycles. The molecule has 1 saturated heterocycles. The molecular formula is C26H30N4O3. The van der Waals surface area contributed by atoms with E-state index in [-0.39, 0.29) is 17.7 Å². The average Bonchev–Trinajstić information content (AvgIpc) is 3.33. The smallest absolute Gasteiger partial charge is 0.225 e. The first kappa shape index (κ1) is 22.6. The van der Waals surface area contributed by atoms with Crippen molar-refractivity contribution < 1.29 is 14.3 Å². The Labute approximate surface area is 194 Å².